The number of benzene rings is 2. The van der Waals surface area contributed by atoms with E-state index in [0.717, 1.165) is 28.6 Å². The van der Waals surface area contributed by atoms with Gasteiger partial charge in [-0.3, -0.25) is 4.79 Å². The number of aryl methyl sites for hydroxylation is 1. The van der Waals surface area contributed by atoms with Gasteiger partial charge < -0.3 is 19.8 Å². The lowest BCUT2D eigenvalue weighted by molar-refractivity contribution is 0.102. The molecule has 3 aromatic rings. The van der Waals surface area contributed by atoms with Gasteiger partial charge in [0.15, 0.2) is 11.5 Å². The van der Waals surface area contributed by atoms with E-state index in [2.05, 4.69) is 17.2 Å². The molecule has 3 rings (SSSR count). The minimum Gasteiger partial charge on any atom is -0.493 e. The minimum atomic E-state index is -0.158. The fourth-order valence-electron chi connectivity index (χ4n) is 2.78. The molecule has 5 nitrogen and oxygen atoms in total. The molecule has 0 fully saturated rings. The number of H-pyrrole nitrogens is 1. The van der Waals surface area contributed by atoms with Crippen LogP contribution in [0.4, 0.5) is 5.69 Å². The Morgan fingerprint density at radius 3 is 2.54 bits per heavy atom. The Morgan fingerprint density at radius 1 is 1.12 bits per heavy atom. The molecular formula is C19H20N2O3. The highest BCUT2D eigenvalue weighted by Gasteiger charge is 2.16. The molecule has 0 atom stereocenters. The Balaban J connectivity index is 1.98. The zero-order valence-electron chi connectivity index (χ0n) is 14.0. The van der Waals surface area contributed by atoms with E-state index >= 15 is 0 Å². The van der Waals surface area contributed by atoms with Crippen molar-refractivity contribution in [3.63, 3.8) is 0 Å². The molecule has 0 saturated carbocycles. The average Bonchev–Trinajstić information content (AvgIpc) is 3.03. The number of rotatable bonds is 5. The third-order valence-corrected chi connectivity index (χ3v) is 4.08. The molecule has 2 aromatic carbocycles. The van der Waals surface area contributed by atoms with Crippen molar-refractivity contribution in [1.29, 1.82) is 0 Å². The molecule has 1 heterocycles. The second kappa shape index (κ2) is 6.66. The van der Waals surface area contributed by atoms with Crippen LogP contribution in [0.5, 0.6) is 11.5 Å². The van der Waals surface area contributed by atoms with Gasteiger partial charge in [0, 0.05) is 23.3 Å². The van der Waals surface area contributed by atoms with Crippen molar-refractivity contribution < 1.29 is 14.3 Å². The molecule has 0 aliphatic rings. The van der Waals surface area contributed by atoms with Gasteiger partial charge >= 0.3 is 0 Å². The molecule has 1 amide bonds. The number of anilines is 1. The Labute approximate surface area is 140 Å². The number of nitrogens with one attached hydrogen (secondary N) is 2. The van der Waals surface area contributed by atoms with Crippen molar-refractivity contribution in [2.45, 2.75) is 13.3 Å². The normalized spacial score (nSPS) is 10.6. The van der Waals surface area contributed by atoms with Gasteiger partial charge in [-0.05, 0) is 24.1 Å². The van der Waals surface area contributed by atoms with Crippen LogP contribution in [0.2, 0.25) is 0 Å². The Hall–Kier alpha value is -2.95. The van der Waals surface area contributed by atoms with Crippen molar-refractivity contribution in [3.8, 4) is 11.5 Å². The summed E-state index contributed by atoms with van der Waals surface area (Å²) in [4.78, 5) is 15.8. The highest BCUT2D eigenvalue weighted by atomic mass is 16.5. The predicted molar refractivity (Wildman–Crippen MR) is 95.2 cm³/mol. The first-order chi connectivity index (χ1) is 11.7. The van der Waals surface area contributed by atoms with Crippen molar-refractivity contribution in [2.24, 2.45) is 0 Å². The first kappa shape index (κ1) is 15.9. The molecule has 5 heteroatoms. The van der Waals surface area contributed by atoms with Gasteiger partial charge in [0.2, 0.25) is 0 Å². The highest BCUT2D eigenvalue weighted by Crippen LogP contribution is 2.33. The number of methoxy groups -OCH3 is 2. The maximum Gasteiger partial charge on any atom is 0.257 e. The zero-order chi connectivity index (χ0) is 17.1. The summed E-state index contributed by atoms with van der Waals surface area (Å²) in [6, 6.07) is 11.4. The van der Waals surface area contributed by atoms with Gasteiger partial charge in [-0.2, -0.15) is 0 Å². The summed E-state index contributed by atoms with van der Waals surface area (Å²) in [5, 5.41) is 3.78. The van der Waals surface area contributed by atoms with Crippen molar-refractivity contribution in [3.05, 3.63) is 53.7 Å². The number of carbonyl (C=O) groups excluding carboxylic acids is 1. The molecule has 0 bridgehead atoms. The topological polar surface area (TPSA) is 63.4 Å². The molecule has 0 spiro atoms. The van der Waals surface area contributed by atoms with Crippen molar-refractivity contribution >= 4 is 22.5 Å². The minimum absolute atomic E-state index is 0.158. The molecule has 1 aromatic heterocycles. The predicted octanol–water partition coefficient (Wildman–Crippen LogP) is 4.00. The van der Waals surface area contributed by atoms with Gasteiger partial charge in [0.1, 0.15) is 0 Å². The number of para-hydroxylation sites is 1. The van der Waals surface area contributed by atoms with E-state index in [-0.39, 0.29) is 5.91 Å². The van der Waals surface area contributed by atoms with Crippen LogP contribution >= 0.6 is 0 Å². The first-order valence-electron chi connectivity index (χ1n) is 7.80. The number of hydrogen-bond acceptors (Lipinski definition) is 3. The summed E-state index contributed by atoms with van der Waals surface area (Å²) in [7, 11) is 3.16. The smallest absolute Gasteiger partial charge is 0.257 e. The zero-order valence-corrected chi connectivity index (χ0v) is 14.0. The molecule has 0 radical (unpaired) electrons. The van der Waals surface area contributed by atoms with E-state index in [0.29, 0.717) is 17.1 Å². The maximum absolute atomic E-state index is 12.7. The van der Waals surface area contributed by atoms with Gasteiger partial charge in [0.25, 0.3) is 5.91 Å². The van der Waals surface area contributed by atoms with Crippen molar-refractivity contribution in [1.82, 2.24) is 4.98 Å². The Kier molecular flexibility index (Phi) is 4.42. The number of aromatic nitrogens is 1. The van der Waals surface area contributed by atoms with E-state index in [1.54, 1.807) is 20.4 Å². The molecule has 124 valence electrons. The standard InChI is InChI=1S/C19H20N2O3/c1-4-12-7-5-6-8-15(12)21-19(22)14-11-20-16-10-18(24-3)17(23-2)9-13(14)16/h5-11,20H,4H2,1-3H3,(H,21,22). The summed E-state index contributed by atoms with van der Waals surface area (Å²) in [5.41, 5.74) is 3.32. The number of ether oxygens (including phenoxy) is 2. The molecular weight excluding hydrogens is 304 g/mol. The summed E-state index contributed by atoms with van der Waals surface area (Å²) >= 11 is 0. The number of carbonyl (C=O) groups is 1. The number of aromatic amines is 1. The van der Waals surface area contributed by atoms with E-state index < -0.39 is 0 Å². The lowest BCUT2D eigenvalue weighted by Gasteiger charge is -2.10. The molecule has 0 unspecified atom stereocenters. The Bertz CT molecular complexity index is 883. The fraction of sp³-hybridized carbons (Fsp3) is 0.211. The number of hydrogen-bond donors (Lipinski definition) is 2. The quantitative estimate of drug-likeness (QED) is 0.745. The van der Waals surface area contributed by atoms with Crippen LogP contribution < -0.4 is 14.8 Å². The van der Waals surface area contributed by atoms with Crippen LogP contribution in [0.1, 0.15) is 22.8 Å². The number of fused-ring (bicyclic) bond motifs is 1. The molecule has 24 heavy (non-hydrogen) atoms. The van der Waals surface area contributed by atoms with Gasteiger partial charge in [-0.1, -0.05) is 25.1 Å². The van der Waals surface area contributed by atoms with E-state index in [4.69, 9.17) is 9.47 Å². The molecule has 0 saturated heterocycles. The van der Waals surface area contributed by atoms with Crippen LogP contribution in [0.3, 0.4) is 0 Å². The second-order valence-electron chi connectivity index (χ2n) is 5.42. The van der Waals surface area contributed by atoms with Crippen LogP contribution in [-0.4, -0.2) is 25.1 Å². The van der Waals surface area contributed by atoms with Gasteiger partial charge in [-0.15, -0.1) is 0 Å². The lowest BCUT2D eigenvalue weighted by atomic mass is 10.1. The van der Waals surface area contributed by atoms with Crippen LogP contribution in [-0.2, 0) is 6.42 Å². The average molecular weight is 324 g/mol. The lowest BCUT2D eigenvalue weighted by Crippen LogP contribution is -2.12. The second-order valence-corrected chi connectivity index (χ2v) is 5.42. The van der Waals surface area contributed by atoms with Crippen LogP contribution in [0.25, 0.3) is 10.9 Å². The fourth-order valence-corrected chi connectivity index (χ4v) is 2.78. The molecule has 2 N–H and O–H groups in total. The van der Waals surface area contributed by atoms with Gasteiger partial charge in [0.05, 0.1) is 25.3 Å². The third-order valence-electron chi connectivity index (χ3n) is 4.08. The van der Waals surface area contributed by atoms with Crippen LogP contribution in [0, 0.1) is 0 Å². The largest absolute Gasteiger partial charge is 0.493 e. The van der Waals surface area contributed by atoms with E-state index in [1.165, 1.54) is 0 Å². The summed E-state index contributed by atoms with van der Waals surface area (Å²) in [6.45, 7) is 2.06. The van der Waals surface area contributed by atoms with Crippen molar-refractivity contribution in [2.75, 3.05) is 19.5 Å². The van der Waals surface area contributed by atoms with Crippen LogP contribution in [0.15, 0.2) is 42.6 Å². The van der Waals surface area contributed by atoms with E-state index in [1.807, 2.05) is 36.4 Å². The first-order valence-corrected chi connectivity index (χ1v) is 7.80. The molecule has 0 aliphatic heterocycles. The highest BCUT2D eigenvalue weighted by molar-refractivity contribution is 6.13. The van der Waals surface area contributed by atoms with Gasteiger partial charge in [-0.25, -0.2) is 0 Å². The maximum atomic E-state index is 12.7. The summed E-state index contributed by atoms with van der Waals surface area (Å²) in [6.07, 6.45) is 2.56. The van der Waals surface area contributed by atoms with E-state index in [9.17, 15) is 4.79 Å². The third kappa shape index (κ3) is 2.80. The summed E-state index contributed by atoms with van der Waals surface area (Å²) in [5.74, 6) is 1.05. The number of amides is 1. The molecule has 0 aliphatic carbocycles. The SMILES string of the molecule is CCc1ccccc1NC(=O)c1c[nH]c2cc(OC)c(OC)cc12. The monoisotopic (exact) mass is 324 g/mol. The Morgan fingerprint density at radius 2 is 1.83 bits per heavy atom. The summed E-state index contributed by atoms with van der Waals surface area (Å²) < 4.78 is 10.6.